The molecule has 16 heavy (non-hydrogen) atoms. The van der Waals surface area contributed by atoms with E-state index in [0.717, 1.165) is 11.3 Å². The van der Waals surface area contributed by atoms with Crippen molar-refractivity contribution in [2.24, 2.45) is 4.99 Å². The Morgan fingerprint density at radius 1 is 1.38 bits per heavy atom. The van der Waals surface area contributed by atoms with E-state index in [4.69, 9.17) is 4.74 Å². The highest BCUT2D eigenvalue weighted by atomic mass is 16.5. The molecule has 3 heteroatoms. The molecule has 0 unspecified atom stereocenters. The second-order valence-electron chi connectivity index (χ2n) is 4.46. The Kier molecular flexibility index (Phi) is 3.86. The molecule has 0 fully saturated rings. The maximum absolute atomic E-state index is 10.3. The Morgan fingerprint density at radius 2 is 2.06 bits per heavy atom. The first kappa shape index (κ1) is 12.5. The van der Waals surface area contributed by atoms with Crippen molar-refractivity contribution in [2.45, 2.75) is 39.3 Å². The van der Waals surface area contributed by atoms with Gasteiger partial charge in [-0.05, 0) is 45.4 Å². The summed E-state index contributed by atoms with van der Waals surface area (Å²) < 4.78 is 5.59. The smallest absolute Gasteiger partial charge is 0.235 e. The van der Waals surface area contributed by atoms with Crippen molar-refractivity contribution in [1.82, 2.24) is 0 Å². The lowest BCUT2D eigenvalue weighted by molar-refractivity contribution is 0.242. The molecule has 0 N–H and O–H groups in total. The Balaban J connectivity index is 3.02. The van der Waals surface area contributed by atoms with Gasteiger partial charge in [0.05, 0.1) is 11.6 Å². The molecule has 0 aromatic heterocycles. The van der Waals surface area contributed by atoms with Gasteiger partial charge in [-0.25, -0.2) is 4.79 Å². The van der Waals surface area contributed by atoms with Gasteiger partial charge in [-0.3, -0.25) is 0 Å². The predicted molar refractivity (Wildman–Crippen MR) is 63.4 cm³/mol. The zero-order valence-corrected chi connectivity index (χ0v) is 10.2. The molecule has 0 aliphatic rings. The van der Waals surface area contributed by atoms with Crippen LogP contribution in [-0.4, -0.2) is 12.2 Å². The number of hydrogen-bond donors (Lipinski definition) is 0. The van der Waals surface area contributed by atoms with Crippen LogP contribution in [0.1, 0.15) is 33.3 Å². The van der Waals surface area contributed by atoms with Crippen LogP contribution in [0.4, 0.5) is 0 Å². The van der Waals surface area contributed by atoms with E-state index in [1.54, 1.807) is 6.08 Å². The van der Waals surface area contributed by atoms with Gasteiger partial charge in [0.25, 0.3) is 0 Å². The standard InChI is InChI=1S/C13H17NO2/c1-10(2)16-12-7-5-6-11(8-12)13(3,4)14-9-15/h5-8,10H,1-4H3. The molecule has 0 heterocycles. The minimum atomic E-state index is -0.557. The fourth-order valence-corrected chi connectivity index (χ4v) is 1.40. The normalized spacial score (nSPS) is 11.1. The number of isocyanates is 1. The van der Waals surface area contributed by atoms with Crippen molar-refractivity contribution in [2.75, 3.05) is 0 Å². The molecule has 1 rings (SSSR count). The van der Waals surface area contributed by atoms with Crippen molar-refractivity contribution in [1.29, 1.82) is 0 Å². The van der Waals surface area contributed by atoms with Crippen LogP contribution in [0, 0.1) is 0 Å². The third-order valence-electron chi connectivity index (χ3n) is 2.24. The molecule has 0 spiro atoms. The van der Waals surface area contributed by atoms with Crippen molar-refractivity contribution in [3.63, 3.8) is 0 Å². The van der Waals surface area contributed by atoms with Crippen molar-refractivity contribution < 1.29 is 9.53 Å². The van der Waals surface area contributed by atoms with Gasteiger partial charge in [0, 0.05) is 0 Å². The summed E-state index contributed by atoms with van der Waals surface area (Å²) in [6.45, 7) is 7.68. The van der Waals surface area contributed by atoms with Crippen LogP contribution >= 0.6 is 0 Å². The molecule has 86 valence electrons. The van der Waals surface area contributed by atoms with Gasteiger partial charge in [-0.15, -0.1) is 0 Å². The fourth-order valence-electron chi connectivity index (χ4n) is 1.40. The summed E-state index contributed by atoms with van der Waals surface area (Å²) >= 11 is 0. The lowest BCUT2D eigenvalue weighted by atomic mass is 9.95. The zero-order chi connectivity index (χ0) is 12.2. The highest BCUT2D eigenvalue weighted by Gasteiger charge is 2.19. The lowest BCUT2D eigenvalue weighted by Crippen LogP contribution is -2.14. The number of benzene rings is 1. The number of ether oxygens (including phenoxy) is 1. The SMILES string of the molecule is CC(C)Oc1cccc(C(C)(C)N=C=O)c1. The quantitative estimate of drug-likeness (QED) is 0.576. The highest BCUT2D eigenvalue weighted by molar-refractivity contribution is 5.39. The van der Waals surface area contributed by atoms with E-state index in [0.29, 0.717) is 0 Å². The average Bonchev–Trinajstić information content (AvgIpc) is 2.17. The largest absolute Gasteiger partial charge is 0.491 e. The number of carbonyl (C=O) groups excluding carboxylic acids is 1. The summed E-state index contributed by atoms with van der Waals surface area (Å²) in [5, 5.41) is 0. The van der Waals surface area contributed by atoms with E-state index in [9.17, 15) is 4.79 Å². The topological polar surface area (TPSA) is 38.7 Å². The molecule has 0 amide bonds. The van der Waals surface area contributed by atoms with Crippen molar-refractivity contribution in [3.8, 4) is 5.75 Å². The monoisotopic (exact) mass is 219 g/mol. The van der Waals surface area contributed by atoms with Gasteiger partial charge < -0.3 is 4.74 Å². The molecule has 1 aromatic carbocycles. The van der Waals surface area contributed by atoms with Crippen LogP contribution in [0.25, 0.3) is 0 Å². The summed E-state index contributed by atoms with van der Waals surface area (Å²) in [4.78, 5) is 14.1. The number of nitrogens with zero attached hydrogens (tertiary/aromatic N) is 1. The molecule has 0 aliphatic heterocycles. The van der Waals surface area contributed by atoms with E-state index < -0.39 is 5.54 Å². The van der Waals surface area contributed by atoms with Gasteiger partial charge in [0.2, 0.25) is 6.08 Å². The third-order valence-corrected chi connectivity index (χ3v) is 2.24. The van der Waals surface area contributed by atoms with Gasteiger partial charge in [-0.2, -0.15) is 4.99 Å². The van der Waals surface area contributed by atoms with E-state index in [-0.39, 0.29) is 6.10 Å². The first-order chi connectivity index (χ1) is 7.45. The molecule has 0 saturated heterocycles. The van der Waals surface area contributed by atoms with E-state index in [1.165, 1.54) is 0 Å². The molecule has 0 atom stereocenters. The van der Waals surface area contributed by atoms with Gasteiger partial charge in [0.15, 0.2) is 0 Å². The molecule has 0 saturated carbocycles. The molecular formula is C13H17NO2. The fraction of sp³-hybridized carbons (Fsp3) is 0.462. The van der Waals surface area contributed by atoms with Crippen LogP contribution in [-0.2, 0) is 10.3 Å². The van der Waals surface area contributed by atoms with E-state index in [2.05, 4.69) is 4.99 Å². The Bertz CT molecular complexity index is 404. The summed E-state index contributed by atoms with van der Waals surface area (Å²) in [5.41, 5.74) is 0.381. The van der Waals surface area contributed by atoms with Gasteiger partial charge >= 0.3 is 0 Å². The number of hydrogen-bond acceptors (Lipinski definition) is 3. The van der Waals surface area contributed by atoms with E-state index >= 15 is 0 Å². The summed E-state index contributed by atoms with van der Waals surface area (Å²) in [6, 6.07) is 7.62. The lowest BCUT2D eigenvalue weighted by Gasteiger charge is -2.19. The van der Waals surface area contributed by atoms with E-state index in [1.807, 2.05) is 52.0 Å². The average molecular weight is 219 g/mol. The molecule has 3 nitrogen and oxygen atoms in total. The molecule has 0 bridgehead atoms. The maximum Gasteiger partial charge on any atom is 0.235 e. The van der Waals surface area contributed by atoms with Crippen LogP contribution in [0.2, 0.25) is 0 Å². The number of rotatable bonds is 4. The summed E-state index contributed by atoms with van der Waals surface area (Å²) in [7, 11) is 0. The summed E-state index contributed by atoms with van der Waals surface area (Å²) in [5.74, 6) is 0.793. The summed E-state index contributed by atoms with van der Waals surface area (Å²) in [6.07, 6.45) is 1.73. The minimum absolute atomic E-state index is 0.132. The Labute approximate surface area is 96.2 Å². The third kappa shape index (κ3) is 3.21. The van der Waals surface area contributed by atoms with Crippen LogP contribution in [0.5, 0.6) is 5.75 Å². The Morgan fingerprint density at radius 3 is 2.62 bits per heavy atom. The van der Waals surface area contributed by atoms with Gasteiger partial charge in [0.1, 0.15) is 5.75 Å². The molecule has 0 aliphatic carbocycles. The predicted octanol–water partition coefficient (Wildman–Crippen LogP) is 3.04. The van der Waals surface area contributed by atoms with Crippen molar-refractivity contribution >= 4 is 6.08 Å². The number of aliphatic imine (C=N–C) groups is 1. The van der Waals surface area contributed by atoms with Crippen molar-refractivity contribution in [3.05, 3.63) is 29.8 Å². The van der Waals surface area contributed by atoms with Crippen LogP contribution in [0.3, 0.4) is 0 Å². The first-order valence-corrected chi connectivity index (χ1v) is 5.32. The second-order valence-corrected chi connectivity index (χ2v) is 4.46. The van der Waals surface area contributed by atoms with Crippen LogP contribution in [0.15, 0.2) is 29.3 Å². The van der Waals surface area contributed by atoms with Crippen LogP contribution < -0.4 is 4.74 Å². The maximum atomic E-state index is 10.3. The van der Waals surface area contributed by atoms with Gasteiger partial charge in [-0.1, -0.05) is 12.1 Å². The molecule has 1 aromatic rings. The zero-order valence-electron chi connectivity index (χ0n) is 10.2. The second kappa shape index (κ2) is 4.95. The molecule has 0 radical (unpaired) electrons. The first-order valence-electron chi connectivity index (χ1n) is 5.32. The highest BCUT2D eigenvalue weighted by Crippen LogP contribution is 2.27. The minimum Gasteiger partial charge on any atom is -0.491 e. The molecular weight excluding hydrogens is 202 g/mol. The Hall–Kier alpha value is -1.60.